The summed E-state index contributed by atoms with van der Waals surface area (Å²) >= 11 is 0. The molecule has 124 valence electrons. The van der Waals surface area contributed by atoms with E-state index < -0.39 is 0 Å². The van der Waals surface area contributed by atoms with Gasteiger partial charge in [0.05, 0.1) is 25.0 Å². The number of amides is 1. The van der Waals surface area contributed by atoms with Gasteiger partial charge in [-0.15, -0.1) is 0 Å². The first kappa shape index (κ1) is 15.8. The molecule has 0 bridgehead atoms. The quantitative estimate of drug-likeness (QED) is 0.778. The number of aryl methyl sites for hydroxylation is 2. The summed E-state index contributed by atoms with van der Waals surface area (Å²) in [6, 6.07) is 9.07. The summed E-state index contributed by atoms with van der Waals surface area (Å²) in [4.78, 5) is 16.4. The summed E-state index contributed by atoms with van der Waals surface area (Å²) in [5, 5.41) is 7.03. The highest BCUT2D eigenvalue weighted by Gasteiger charge is 2.12. The molecule has 0 fully saturated rings. The van der Waals surface area contributed by atoms with Crippen molar-refractivity contribution < 1.29 is 13.9 Å². The number of aromatic nitrogens is 3. The number of rotatable bonds is 5. The van der Waals surface area contributed by atoms with Crippen molar-refractivity contribution in [3.05, 3.63) is 59.6 Å². The lowest BCUT2D eigenvalue weighted by Crippen LogP contribution is -2.23. The Morgan fingerprint density at radius 1 is 1.25 bits per heavy atom. The number of nitrogens with one attached hydrogen (secondary N) is 1. The molecule has 2 heterocycles. The van der Waals surface area contributed by atoms with E-state index in [1.165, 1.54) is 0 Å². The predicted molar refractivity (Wildman–Crippen MR) is 87.3 cm³/mol. The van der Waals surface area contributed by atoms with E-state index >= 15 is 0 Å². The standard InChI is InChI=1S/C17H18N4O3/c1-11-12(2)24-16(19-11)10-18-17(22)15-8-9-21(20-15)13-4-6-14(23-3)7-5-13/h4-9H,10H2,1-3H3,(H,18,22). The van der Waals surface area contributed by atoms with Gasteiger partial charge in [-0.2, -0.15) is 5.10 Å². The summed E-state index contributed by atoms with van der Waals surface area (Å²) in [6.45, 7) is 3.92. The fourth-order valence-electron chi connectivity index (χ4n) is 2.19. The fourth-order valence-corrected chi connectivity index (χ4v) is 2.19. The molecule has 0 saturated carbocycles. The second-order valence-corrected chi connectivity index (χ2v) is 5.28. The van der Waals surface area contributed by atoms with Gasteiger partial charge in [0, 0.05) is 6.20 Å². The van der Waals surface area contributed by atoms with Crippen LogP contribution in [-0.4, -0.2) is 27.8 Å². The van der Waals surface area contributed by atoms with Gasteiger partial charge in [-0.3, -0.25) is 4.79 Å². The van der Waals surface area contributed by atoms with Crippen molar-refractivity contribution in [3.8, 4) is 11.4 Å². The maximum absolute atomic E-state index is 12.2. The molecule has 0 spiro atoms. The second kappa shape index (κ2) is 6.57. The molecule has 0 aliphatic heterocycles. The highest BCUT2D eigenvalue weighted by molar-refractivity contribution is 5.92. The largest absolute Gasteiger partial charge is 0.497 e. The molecule has 0 saturated heterocycles. The van der Waals surface area contributed by atoms with Gasteiger partial charge in [0.25, 0.3) is 5.91 Å². The highest BCUT2D eigenvalue weighted by Crippen LogP contribution is 2.14. The Bertz CT molecular complexity index is 830. The van der Waals surface area contributed by atoms with E-state index in [0.717, 1.165) is 22.9 Å². The van der Waals surface area contributed by atoms with Gasteiger partial charge in [0.15, 0.2) is 5.69 Å². The lowest BCUT2D eigenvalue weighted by molar-refractivity contribution is 0.0941. The monoisotopic (exact) mass is 326 g/mol. The molecule has 7 heteroatoms. The molecule has 0 aliphatic rings. The number of methoxy groups -OCH3 is 1. The van der Waals surface area contributed by atoms with Gasteiger partial charge in [0.2, 0.25) is 5.89 Å². The first-order valence-corrected chi connectivity index (χ1v) is 7.48. The minimum absolute atomic E-state index is 0.225. The average Bonchev–Trinajstić information content (AvgIpc) is 3.20. The lowest BCUT2D eigenvalue weighted by atomic mass is 10.3. The third kappa shape index (κ3) is 3.29. The molecule has 24 heavy (non-hydrogen) atoms. The third-order valence-corrected chi connectivity index (χ3v) is 3.63. The number of nitrogens with zero attached hydrogens (tertiary/aromatic N) is 3. The maximum Gasteiger partial charge on any atom is 0.272 e. The number of oxazole rings is 1. The van der Waals surface area contributed by atoms with E-state index in [-0.39, 0.29) is 12.5 Å². The molecule has 1 amide bonds. The molecule has 0 aliphatic carbocycles. The van der Waals surface area contributed by atoms with Crippen LogP contribution in [0.25, 0.3) is 5.69 Å². The van der Waals surface area contributed by atoms with Crippen molar-refractivity contribution in [2.75, 3.05) is 7.11 Å². The normalized spacial score (nSPS) is 10.6. The van der Waals surface area contributed by atoms with Crippen LogP contribution in [0.5, 0.6) is 5.75 Å². The number of hydrogen-bond donors (Lipinski definition) is 1. The molecule has 1 aromatic carbocycles. The van der Waals surface area contributed by atoms with Gasteiger partial charge in [-0.05, 0) is 44.2 Å². The van der Waals surface area contributed by atoms with E-state index in [0.29, 0.717) is 11.6 Å². The van der Waals surface area contributed by atoms with Crippen LogP contribution in [-0.2, 0) is 6.54 Å². The number of benzene rings is 1. The van der Waals surface area contributed by atoms with Crippen LogP contribution in [0.1, 0.15) is 27.8 Å². The Hall–Kier alpha value is -3.09. The van der Waals surface area contributed by atoms with E-state index in [9.17, 15) is 4.79 Å². The SMILES string of the molecule is COc1ccc(-n2ccc(C(=O)NCc3nc(C)c(C)o3)n2)cc1. The summed E-state index contributed by atoms with van der Waals surface area (Å²) in [5.74, 6) is 1.71. The summed E-state index contributed by atoms with van der Waals surface area (Å²) in [7, 11) is 1.61. The van der Waals surface area contributed by atoms with E-state index in [1.54, 1.807) is 24.1 Å². The zero-order chi connectivity index (χ0) is 17.1. The molecule has 0 unspecified atom stereocenters. The van der Waals surface area contributed by atoms with Gasteiger partial charge in [0.1, 0.15) is 11.5 Å². The molecule has 7 nitrogen and oxygen atoms in total. The fraction of sp³-hybridized carbons (Fsp3) is 0.235. The Labute approximate surface area is 139 Å². The zero-order valence-electron chi connectivity index (χ0n) is 13.7. The lowest BCUT2D eigenvalue weighted by Gasteiger charge is -2.03. The summed E-state index contributed by atoms with van der Waals surface area (Å²) < 4.78 is 12.2. The number of carbonyl (C=O) groups is 1. The van der Waals surface area contributed by atoms with Crippen LogP contribution in [0, 0.1) is 13.8 Å². The number of ether oxygens (including phenoxy) is 1. The number of hydrogen-bond acceptors (Lipinski definition) is 5. The van der Waals surface area contributed by atoms with E-state index in [1.807, 2.05) is 38.1 Å². The van der Waals surface area contributed by atoms with Gasteiger partial charge in [-0.1, -0.05) is 0 Å². The third-order valence-electron chi connectivity index (χ3n) is 3.63. The molecule has 0 atom stereocenters. The van der Waals surface area contributed by atoms with Crippen LogP contribution in [0.2, 0.25) is 0 Å². The van der Waals surface area contributed by atoms with E-state index in [2.05, 4.69) is 15.4 Å². The van der Waals surface area contributed by atoms with Crippen LogP contribution >= 0.6 is 0 Å². The first-order chi connectivity index (χ1) is 11.6. The van der Waals surface area contributed by atoms with Gasteiger partial charge in [-0.25, -0.2) is 9.67 Å². The van der Waals surface area contributed by atoms with Crippen molar-refractivity contribution in [1.29, 1.82) is 0 Å². The molecular weight excluding hydrogens is 308 g/mol. The summed E-state index contributed by atoms with van der Waals surface area (Å²) in [6.07, 6.45) is 1.73. The average molecular weight is 326 g/mol. The first-order valence-electron chi connectivity index (χ1n) is 7.48. The van der Waals surface area contributed by atoms with Crippen LogP contribution in [0.4, 0.5) is 0 Å². The molecule has 0 radical (unpaired) electrons. The maximum atomic E-state index is 12.2. The van der Waals surface area contributed by atoms with Crippen molar-refractivity contribution in [2.45, 2.75) is 20.4 Å². The molecule has 2 aromatic heterocycles. The Balaban J connectivity index is 1.66. The van der Waals surface area contributed by atoms with Crippen molar-refractivity contribution in [2.24, 2.45) is 0 Å². The highest BCUT2D eigenvalue weighted by atomic mass is 16.5. The van der Waals surface area contributed by atoms with Crippen LogP contribution in [0.3, 0.4) is 0 Å². The van der Waals surface area contributed by atoms with Crippen molar-refractivity contribution in [1.82, 2.24) is 20.1 Å². The second-order valence-electron chi connectivity index (χ2n) is 5.28. The van der Waals surface area contributed by atoms with Crippen molar-refractivity contribution in [3.63, 3.8) is 0 Å². The summed E-state index contributed by atoms with van der Waals surface area (Å²) in [5.41, 5.74) is 1.99. The Morgan fingerprint density at radius 3 is 2.62 bits per heavy atom. The van der Waals surface area contributed by atoms with Gasteiger partial charge < -0.3 is 14.5 Å². The van der Waals surface area contributed by atoms with Crippen LogP contribution in [0.15, 0.2) is 40.9 Å². The minimum atomic E-state index is -0.282. The molecular formula is C17H18N4O3. The predicted octanol–water partition coefficient (Wildman–Crippen LogP) is 2.42. The number of carbonyl (C=O) groups excluding carboxylic acids is 1. The molecule has 1 N–H and O–H groups in total. The molecule has 3 aromatic rings. The smallest absolute Gasteiger partial charge is 0.272 e. The molecule has 3 rings (SSSR count). The van der Waals surface area contributed by atoms with Crippen molar-refractivity contribution >= 4 is 5.91 Å². The Kier molecular flexibility index (Phi) is 4.33. The minimum Gasteiger partial charge on any atom is -0.497 e. The van der Waals surface area contributed by atoms with Gasteiger partial charge >= 0.3 is 0 Å². The topological polar surface area (TPSA) is 82.2 Å². The van der Waals surface area contributed by atoms with E-state index in [4.69, 9.17) is 9.15 Å². The zero-order valence-corrected chi connectivity index (χ0v) is 13.7. The Morgan fingerprint density at radius 2 is 2.00 bits per heavy atom. The van der Waals surface area contributed by atoms with Crippen LogP contribution < -0.4 is 10.1 Å².